The van der Waals surface area contributed by atoms with E-state index in [0.717, 1.165) is 22.3 Å². The molecule has 0 aliphatic carbocycles. The highest BCUT2D eigenvalue weighted by molar-refractivity contribution is 9.12. The lowest BCUT2D eigenvalue weighted by atomic mass is 10.1. The Morgan fingerprint density at radius 1 is 1.31 bits per heavy atom. The summed E-state index contributed by atoms with van der Waals surface area (Å²) in [4.78, 5) is 1.09. The summed E-state index contributed by atoms with van der Waals surface area (Å²) in [6.45, 7) is 0. The van der Waals surface area contributed by atoms with Crippen LogP contribution in [-0.4, -0.2) is 5.11 Å². The van der Waals surface area contributed by atoms with Crippen molar-refractivity contribution >= 4 is 66.1 Å². The topological polar surface area (TPSA) is 20.2 Å². The molecule has 86 valence electrons. The van der Waals surface area contributed by atoms with E-state index in [0.29, 0.717) is 6.42 Å². The predicted molar refractivity (Wildman–Crippen MR) is 77.7 cm³/mol. The van der Waals surface area contributed by atoms with Gasteiger partial charge in [-0.2, -0.15) is 0 Å². The van der Waals surface area contributed by atoms with Gasteiger partial charge in [0.05, 0.1) is 18.0 Å². The Morgan fingerprint density at radius 2 is 2.06 bits per heavy atom. The third-order valence-electron chi connectivity index (χ3n) is 2.07. The second-order valence-electron chi connectivity index (χ2n) is 3.21. The number of hydrogen-bond donors (Lipinski definition) is 1. The zero-order valence-corrected chi connectivity index (χ0v) is 13.5. The maximum atomic E-state index is 10.1. The molecule has 0 aliphatic rings. The van der Waals surface area contributed by atoms with Crippen molar-refractivity contribution in [3.05, 3.63) is 40.5 Å². The number of rotatable bonds is 3. The summed E-state index contributed by atoms with van der Waals surface area (Å²) in [5, 5.41) is 10.1. The van der Waals surface area contributed by atoms with E-state index in [1.54, 1.807) is 11.3 Å². The van der Waals surface area contributed by atoms with Crippen molar-refractivity contribution in [3.8, 4) is 0 Å². The lowest BCUT2D eigenvalue weighted by molar-refractivity contribution is 0.179. The molecule has 0 radical (unpaired) electrons. The van der Waals surface area contributed by atoms with Gasteiger partial charge in [-0.25, -0.2) is 0 Å². The number of thiophene rings is 2. The van der Waals surface area contributed by atoms with E-state index in [-0.39, 0.29) is 0 Å². The Morgan fingerprint density at radius 3 is 2.56 bits per heavy atom. The summed E-state index contributed by atoms with van der Waals surface area (Å²) in [6, 6.07) is 5.74. The smallest absolute Gasteiger partial charge is 0.0931 e. The van der Waals surface area contributed by atoms with Crippen molar-refractivity contribution in [2.24, 2.45) is 0 Å². The van der Waals surface area contributed by atoms with Crippen LogP contribution in [0.1, 0.15) is 16.5 Å². The maximum Gasteiger partial charge on any atom is 0.0931 e. The first kappa shape index (κ1) is 13.1. The fourth-order valence-electron chi connectivity index (χ4n) is 1.34. The molecule has 1 atom stereocenters. The van der Waals surface area contributed by atoms with Gasteiger partial charge in [0.1, 0.15) is 0 Å². The SMILES string of the molecule is OC(Cc1ccc(Cl)s1)c1cc(Br)sc1Br. The second-order valence-corrected chi connectivity index (χ2v) is 8.75. The summed E-state index contributed by atoms with van der Waals surface area (Å²) in [5.41, 5.74) is 0.918. The Hall–Kier alpha value is 0.610. The molecule has 2 heterocycles. The number of aliphatic hydroxyl groups excluding tert-OH is 1. The van der Waals surface area contributed by atoms with E-state index in [4.69, 9.17) is 11.6 Å². The molecule has 1 nitrogen and oxygen atoms in total. The minimum absolute atomic E-state index is 0.494. The lowest BCUT2D eigenvalue weighted by Crippen LogP contribution is -1.99. The molecule has 1 N–H and O–H groups in total. The van der Waals surface area contributed by atoms with Gasteiger partial charge in [0.15, 0.2) is 0 Å². The highest BCUT2D eigenvalue weighted by Gasteiger charge is 2.15. The van der Waals surface area contributed by atoms with Gasteiger partial charge in [-0.1, -0.05) is 11.6 Å². The Labute approximate surface area is 123 Å². The largest absolute Gasteiger partial charge is 0.388 e. The van der Waals surface area contributed by atoms with Crippen LogP contribution in [0, 0.1) is 0 Å². The van der Waals surface area contributed by atoms with Gasteiger partial charge >= 0.3 is 0 Å². The molecule has 0 amide bonds. The minimum atomic E-state index is -0.494. The molecular weight excluding hydrogens is 396 g/mol. The molecule has 2 rings (SSSR count). The molecule has 0 spiro atoms. The summed E-state index contributed by atoms with van der Waals surface area (Å²) in [7, 11) is 0. The minimum Gasteiger partial charge on any atom is -0.388 e. The summed E-state index contributed by atoms with van der Waals surface area (Å²) < 4.78 is 2.74. The Balaban J connectivity index is 2.14. The number of hydrogen-bond acceptors (Lipinski definition) is 3. The second kappa shape index (κ2) is 5.50. The van der Waals surface area contributed by atoms with E-state index in [1.807, 2.05) is 18.2 Å². The van der Waals surface area contributed by atoms with E-state index >= 15 is 0 Å². The molecule has 0 aromatic carbocycles. The molecule has 0 fully saturated rings. The molecular formula is C10H7Br2ClOS2. The average Bonchev–Trinajstić information content (AvgIpc) is 2.73. The van der Waals surface area contributed by atoms with Crippen LogP contribution < -0.4 is 0 Å². The average molecular weight is 403 g/mol. The first-order valence-corrected chi connectivity index (χ1v) is 8.03. The van der Waals surface area contributed by atoms with Crippen molar-refractivity contribution in [2.75, 3.05) is 0 Å². The standard InChI is InChI=1S/C10H7Br2ClOS2/c11-8-4-6(10(12)16-8)7(14)3-5-1-2-9(13)15-5/h1-2,4,7,14H,3H2. The van der Waals surface area contributed by atoms with Crippen LogP contribution in [-0.2, 0) is 6.42 Å². The van der Waals surface area contributed by atoms with Crippen LogP contribution in [0.3, 0.4) is 0 Å². The fraction of sp³-hybridized carbons (Fsp3) is 0.200. The highest BCUT2D eigenvalue weighted by atomic mass is 79.9. The molecule has 2 aromatic rings. The monoisotopic (exact) mass is 400 g/mol. The maximum absolute atomic E-state index is 10.1. The van der Waals surface area contributed by atoms with Crippen LogP contribution in [0.25, 0.3) is 0 Å². The molecule has 0 aliphatic heterocycles. The van der Waals surface area contributed by atoms with E-state index in [1.165, 1.54) is 11.3 Å². The third-order valence-corrected chi connectivity index (χ3v) is 5.70. The van der Waals surface area contributed by atoms with Gasteiger partial charge in [0.25, 0.3) is 0 Å². The summed E-state index contributed by atoms with van der Waals surface area (Å²) in [6.07, 6.45) is 0.103. The van der Waals surface area contributed by atoms with Crippen molar-refractivity contribution in [1.29, 1.82) is 0 Å². The number of aliphatic hydroxyl groups is 1. The van der Waals surface area contributed by atoms with Gasteiger partial charge < -0.3 is 5.11 Å². The normalized spacial score (nSPS) is 13.0. The van der Waals surface area contributed by atoms with Crippen LogP contribution in [0.15, 0.2) is 25.8 Å². The Kier molecular flexibility index (Phi) is 4.49. The van der Waals surface area contributed by atoms with Crippen LogP contribution >= 0.6 is 66.1 Å². The van der Waals surface area contributed by atoms with Gasteiger partial charge in [0, 0.05) is 16.9 Å². The Bertz CT molecular complexity index is 495. The quantitative estimate of drug-likeness (QED) is 0.742. The predicted octanol–water partition coefficient (Wildman–Crippen LogP) is 5.26. The van der Waals surface area contributed by atoms with Crippen molar-refractivity contribution in [2.45, 2.75) is 12.5 Å². The molecule has 0 bridgehead atoms. The zero-order chi connectivity index (χ0) is 11.7. The summed E-state index contributed by atoms with van der Waals surface area (Å²) >= 11 is 15.8. The molecule has 2 aromatic heterocycles. The van der Waals surface area contributed by atoms with E-state index in [2.05, 4.69) is 31.9 Å². The van der Waals surface area contributed by atoms with Gasteiger partial charge in [-0.3, -0.25) is 0 Å². The first-order chi connectivity index (χ1) is 7.56. The molecule has 0 saturated carbocycles. The summed E-state index contributed by atoms with van der Waals surface area (Å²) in [5.74, 6) is 0. The zero-order valence-electron chi connectivity index (χ0n) is 7.91. The van der Waals surface area contributed by atoms with Crippen molar-refractivity contribution in [1.82, 2.24) is 0 Å². The van der Waals surface area contributed by atoms with Gasteiger partial charge in [-0.15, -0.1) is 22.7 Å². The molecule has 0 saturated heterocycles. The lowest BCUT2D eigenvalue weighted by Gasteiger charge is -2.07. The molecule has 6 heteroatoms. The van der Waals surface area contributed by atoms with E-state index < -0.39 is 6.10 Å². The van der Waals surface area contributed by atoms with E-state index in [9.17, 15) is 5.11 Å². The number of halogens is 3. The molecule has 16 heavy (non-hydrogen) atoms. The van der Waals surface area contributed by atoms with Crippen LogP contribution in [0.2, 0.25) is 4.34 Å². The fourth-order valence-corrected chi connectivity index (χ4v) is 5.42. The highest BCUT2D eigenvalue weighted by Crippen LogP contribution is 2.37. The van der Waals surface area contributed by atoms with Gasteiger partial charge in [-0.05, 0) is 50.1 Å². The van der Waals surface area contributed by atoms with Crippen LogP contribution in [0.5, 0.6) is 0 Å². The van der Waals surface area contributed by atoms with Crippen molar-refractivity contribution in [3.63, 3.8) is 0 Å². The van der Waals surface area contributed by atoms with Gasteiger partial charge in [0.2, 0.25) is 0 Å². The van der Waals surface area contributed by atoms with Crippen molar-refractivity contribution < 1.29 is 5.11 Å². The van der Waals surface area contributed by atoms with Crippen LogP contribution in [0.4, 0.5) is 0 Å². The first-order valence-electron chi connectivity index (χ1n) is 4.43. The third kappa shape index (κ3) is 3.09. The molecule has 1 unspecified atom stereocenters.